The fourth-order valence-electron chi connectivity index (χ4n) is 1.68. The normalized spacial score (nSPS) is 11.5. The molecule has 0 radical (unpaired) electrons. The fourth-order valence-corrected chi connectivity index (χ4v) is 1.68. The maximum Gasteiger partial charge on any atom is 0.190 e. The third kappa shape index (κ3) is 6.18. The van der Waals surface area contributed by atoms with Crippen molar-refractivity contribution in [3.05, 3.63) is 35.4 Å². The Kier molecular flexibility index (Phi) is 6.85. The molecule has 3 nitrogen and oxygen atoms in total. The molecular formula is C14H21F2N3. The summed E-state index contributed by atoms with van der Waals surface area (Å²) in [6, 6.07) is 3.57. The first-order chi connectivity index (χ1) is 9.15. The van der Waals surface area contributed by atoms with Crippen LogP contribution in [0.2, 0.25) is 0 Å². The van der Waals surface area contributed by atoms with E-state index in [0.717, 1.165) is 25.5 Å². The summed E-state index contributed by atoms with van der Waals surface area (Å²) < 4.78 is 26.0. The van der Waals surface area contributed by atoms with E-state index in [1.165, 1.54) is 12.1 Å². The minimum absolute atomic E-state index is 0.541. The van der Waals surface area contributed by atoms with Crippen LogP contribution in [0, 0.1) is 11.6 Å². The number of nitrogens with one attached hydrogen (secondary N) is 2. The third-order valence-corrected chi connectivity index (χ3v) is 2.67. The third-order valence-electron chi connectivity index (χ3n) is 2.67. The van der Waals surface area contributed by atoms with Gasteiger partial charge in [-0.05, 0) is 30.5 Å². The standard InChI is InChI=1S/C14H21F2N3/c1-3-4-6-18-14(17-2)19-7-5-11-8-12(15)10-13(16)9-11/h8-10H,3-7H2,1-2H3,(H2,17,18,19). The lowest BCUT2D eigenvalue weighted by molar-refractivity contribution is 0.579. The number of aliphatic imine (C=N–C) groups is 1. The van der Waals surface area contributed by atoms with E-state index >= 15 is 0 Å². The average Bonchev–Trinajstić information content (AvgIpc) is 2.36. The summed E-state index contributed by atoms with van der Waals surface area (Å²) in [5.41, 5.74) is 0.633. The van der Waals surface area contributed by atoms with Gasteiger partial charge in [0.05, 0.1) is 0 Å². The van der Waals surface area contributed by atoms with E-state index < -0.39 is 11.6 Å². The van der Waals surface area contributed by atoms with Gasteiger partial charge in [0.1, 0.15) is 11.6 Å². The quantitative estimate of drug-likeness (QED) is 0.473. The molecule has 0 aliphatic heterocycles. The van der Waals surface area contributed by atoms with E-state index in [1.54, 1.807) is 7.05 Å². The highest BCUT2D eigenvalue weighted by Gasteiger charge is 2.01. The predicted octanol–water partition coefficient (Wildman–Crippen LogP) is 2.47. The highest BCUT2D eigenvalue weighted by Crippen LogP contribution is 2.07. The van der Waals surface area contributed by atoms with Crippen LogP contribution < -0.4 is 10.6 Å². The fraction of sp³-hybridized carbons (Fsp3) is 0.500. The van der Waals surface area contributed by atoms with Crippen molar-refractivity contribution in [1.29, 1.82) is 0 Å². The minimum atomic E-state index is -0.541. The molecule has 0 aromatic heterocycles. The molecule has 0 saturated heterocycles. The second kappa shape index (κ2) is 8.45. The van der Waals surface area contributed by atoms with Gasteiger partial charge in [0.2, 0.25) is 0 Å². The molecule has 19 heavy (non-hydrogen) atoms. The Morgan fingerprint density at radius 2 is 1.74 bits per heavy atom. The van der Waals surface area contributed by atoms with Crippen molar-refractivity contribution in [3.63, 3.8) is 0 Å². The molecule has 0 atom stereocenters. The van der Waals surface area contributed by atoms with Crippen molar-refractivity contribution in [2.45, 2.75) is 26.2 Å². The highest BCUT2D eigenvalue weighted by atomic mass is 19.1. The van der Waals surface area contributed by atoms with E-state index in [2.05, 4.69) is 22.5 Å². The molecule has 2 N–H and O–H groups in total. The van der Waals surface area contributed by atoms with Gasteiger partial charge < -0.3 is 10.6 Å². The van der Waals surface area contributed by atoms with Crippen LogP contribution in [0.25, 0.3) is 0 Å². The molecule has 0 aliphatic rings. The summed E-state index contributed by atoms with van der Waals surface area (Å²) in [6.07, 6.45) is 2.74. The number of benzene rings is 1. The Balaban J connectivity index is 2.35. The van der Waals surface area contributed by atoms with Crippen LogP contribution in [0.4, 0.5) is 8.78 Å². The molecular weight excluding hydrogens is 248 g/mol. The van der Waals surface area contributed by atoms with Crippen LogP contribution in [0.5, 0.6) is 0 Å². The number of hydrogen-bond donors (Lipinski definition) is 2. The van der Waals surface area contributed by atoms with Crippen molar-refractivity contribution in [3.8, 4) is 0 Å². The van der Waals surface area contributed by atoms with Crippen LogP contribution in [0.1, 0.15) is 25.3 Å². The molecule has 1 rings (SSSR count). The summed E-state index contributed by atoms with van der Waals surface area (Å²) in [6.45, 7) is 3.57. The van der Waals surface area contributed by atoms with Crippen molar-refractivity contribution in [2.24, 2.45) is 4.99 Å². The molecule has 5 heteroatoms. The Bertz CT molecular complexity index is 399. The van der Waals surface area contributed by atoms with Crippen molar-refractivity contribution < 1.29 is 8.78 Å². The largest absolute Gasteiger partial charge is 0.356 e. The minimum Gasteiger partial charge on any atom is -0.356 e. The van der Waals surface area contributed by atoms with E-state index in [-0.39, 0.29) is 0 Å². The van der Waals surface area contributed by atoms with Crippen LogP contribution >= 0.6 is 0 Å². The van der Waals surface area contributed by atoms with Crippen molar-refractivity contribution >= 4 is 5.96 Å². The molecule has 1 aromatic carbocycles. The summed E-state index contributed by atoms with van der Waals surface area (Å²) in [5.74, 6) is -0.369. The zero-order chi connectivity index (χ0) is 14.1. The molecule has 0 fully saturated rings. The summed E-state index contributed by atoms with van der Waals surface area (Å²) in [7, 11) is 1.70. The lowest BCUT2D eigenvalue weighted by Gasteiger charge is -2.11. The SMILES string of the molecule is CCCCNC(=NC)NCCc1cc(F)cc(F)c1. The zero-order valence-electron chi connectivity index (χ0n) is 11.5. The molecule has 0 amide bonds. The molecule has 0 spiro atoms. The van der Waals surface area contributed by atoms with Gasteiger partial charge in [-0.25, -0.2) is 8.78 Å². The molecule has 0 saturated carbocycles. The number of unbranched alkanes of at least 4 members (excludes halogenated alkanes) is 1. The van der Waals surface area contributed by atoms with Gasteiger partial charge >= 0.3 is 0 Å². The first kappa shape index (κ1) is 15.4. The van der Waals surface area contributed by atoms with Crippen LogP contribution in [0.15, 0.2) is 23.2 Å². The second-order valence-corrected chi connectivity index (χ2v) is 4.31. The summed E-state index contributed by atoms with van der Waals surface area (Å²) in [5, 5.41) is 6.28. The van der Waals surface area contributed by atoms with Crippen molar-refractivity contribution in [2.75, 3.05) is 20.1 Å². The monoisotopic (exact) mass is 269 g/mol. The van der Waals surface area contributed by atoms with Crippen LogP contribution in [-0.2, 0) is 6.42 Å². The number of rotatable bonds is 6. The maximum atomic E-state index is 13.0. The van der Waals surface area contributed by atoms with Gasteiger partial charge in [-0.15, -0.1) is 0 Å². The van der Waals surface area contributed by atoms with Crippen LogP contribution in [-0.4, -0.2) is 26.1 Å². The molecule has 0 bridgehead atoms. The molecule has 0 unspecified atom stereocenters. The summed E-state index contributed by atoms with van der Waals surface area (Å²) in [4.78, 5) is 4.07. The Labute approximate surface area is 113 Å². The summed E-state index contributed by atoms with van der Waals surface area (Å²) >= 11 is 0. The number of nitrogens with zero attached hydrogens (tertiary/aromatic N) is 1. The van der Waals surface area contributed by atoms with E-state index in [1.807, 2.05) is 0 Å². The lowest BCUT2D eigenvalue weighted by Crippen LogP contribution is -2.38. The highest BCUT2D eigenvalue weighted by molar-refractivity contribution is 5.79. The molecule has 106 valence electrons. The maximum absolute atomic E-state index is 13.0. The predicted molar refractivity (Wildman–Crippen MR) is 74.3 cm³/mol. The second-order valence-electron chi connectivity index (χ2n) is 4.31. The van der Waals surface area contributed by atoms with Crippen molar-refractivity contribution in [1.82, 2.24) is 10.6 Å². The first-order valence-corrected chi connectivity index (χ1v) is 6.55. The lowest BCUT2D eigenvalue weighted by atomic mass is 10.1. The van der Waals surface area contributed by atoms with Gasteiger partial charge in [-0.2, -0.15) is 0 Å². The van der Waals surface area contributed by atoms with Gasteiger partial charge in [-0.1, -0.05) is 13.3 Å². The first-order valence-electron chi connectivity index (χ1n) is 6.55. The molecule has 1 aromatic rings. The van der Waals surface area contributed by atoms with E-state index in [9.17, 15) is 8.78 Å². The Morgan fingerprint density at radius 1 is 1.11 bits per heavy atom. The number of hydrogen-bond acceptors (Lipinski definition) is 1. The Morgan fingerprint density at radius 3 is 2.32 bits per heavy atom. The van der Waals surface area contributed by atoms with E-state index in [0.29, 0.717) is 24.5 Å². The molecule has 0 heterocycles. The average molecular weight is 269 g/mol. The zero-order valence-corrected chi connectivity index (χ0v) is 11.5. The van der Waals surface area contributed by atoms with Gasteiger partial charge in [0.25, 0.3) is 0 Å². The number of guanidine groups is 1. The molecule has 0 aliphatic carbocycles. The number of halogens is 2. The van der Waals surface area contributed by atoms with Gasteiger partial charge in [0.15, 0.2) is 5.96 Å². The van der Waals surface area contributed by atoms with Gasteiger partial charge in [0, 0.05) is 26.2 Å². The van der Waals surface area contributed by atoms with Crippen LogP contribution in [0.3, 0.4) is 0 Å². The van der Waals surface area contributed by atoms with E-state index in [4.69, 9.17) is 0 Å². The topological polar surface area (TPSA) is 36.4 Å². The Hall–Kier alpha value is -1.65. The smallest absolute Gasteiger partial charge is 0.190 e. The van der Waals surface area contributed by atoms with Gasteiger partial charge in [-0.3, -0.25) is 4.99 Å².